The van der Waals surface area contributed by atoms with Crippen LogP contribution in [-0.4, -0.2) is 16.8 Å². The molecule has 1 aliphatic heterocycles. The van der Waals surface area contributed by atoms with E-state index in [4.69, 9.17) is 0 Å². The predicted molar refractivity (Wildman–Crippen MR) is 117 cm³/mol. The van der Waals surface area contributed by atoms with Gasteiger partial charge in [0.15, 0.2) is 0 Å². The quantitative estimate of drug-likeness (QED) is 0.332. The van der Waals surface area contributed by atoms with Gasteiger partial charge in [-0.1, -0.05) is 82.2 Å². The van der Waals surface area contributed by atoms with Crippen molar-refractivity contribution in [2.45, 2.75) is 13.0 Å². The number of aliphatic hydroxyl groups excluding tert-OH is 1. The highest BCUT2D eigenvalue weighted by Crippen LogP contribution is 2.42. The molecule has 1 atom stereocenters. The van der Waals surface area contributed by atoms with Crippen LogP contribution in [0.2, 0.25) is 0 Å². The number of nitrogens with zero attached hydrogens (tertiary/aromatic N) is 1. The molecule has 0 bridgehead atoms. The molecule has 1 amide bonds. The Bertz CT molecular complexity index is 1120. The predicted octanol–water partition coefficient (Wildman–Crippen LogP) is 5.38. The molecule has 4 rings (SSSR count). The van der Waals surface area contributed by atoms with Gasteiger partial charge in [-0.25, -0.2) is 0 Å². The zero-order valence-electron chi connectivity index (χ0n) is 15.7. The Kier molecular flexibility index (Phi) is 5.07. The molecule has 0 spiro atoms. The van der Waals surface area contributed by atoms with Crippen LogP contribution >= 0.6 is 15.9 Å². The average molecular weight is 448 g/mol. The number of carbonyl (C=O) groups excluding carboxylic acids is 2. The van der Waals surface area contributed by atoms with Gasteiger partial charge in [0, 0.05) is 15.7 Å². The highest BCUT2D eigenvalue weighted by atomic mass is 79.9. The number of hydrogen-bond acceptors (Lipinski definition) is 3. The number of rotatable bonds is 3. The summed E-state index contributed by atoms with van der Waals surface area (Å²) in [6, 6.07) is 22.9. The van der Waals surface area contributed by atoms with Gasteiger partial charge < -0.3 is 5.11 Å². The number of benzene rings is 3. The van der Waals surface area contributed by atoms with Crippen LogP contribution in [0.1, 0.15) is 22.7 Å². The lowest BCUT2D eigenvalue weighted by Gasteiger charge is -2.25. The molecule has 0 aromatic heterocycles. The number of Topliss-reactive ketones (excluding diaryl/α,β-unsaturated/α-hetero) is 1. The van der Waals surface area contributed by atoms with Gasteiger partial charge in [0.2, 0.25) is 0 Å². The molecule has 1 fully saturated rings. The minimum absolute atomic E-state index is 0.0880. The number of anilines is 1. The van der Waals surface area contributed by atoms with E-state index < -0.39 is 17.7 Å². The normalized spacial score (nSPS) is 18.3. The SMILES string of the molecule is Cc1ccc(C2C(=C(O)c3ccccc3)C(=O)C(=O)N2c2cccc(Br)c2)cc1. The summed E-state index contributed by atoms with van der Waals surface area (Å²) in [6.07, 6.45) is 0. The molecule has 0 radical (unpaired) electrons. The smallest absolute Gasteiger partial charge is 0.300 e. The zero-order valence-corrected chi connectivity index (χ0v) is 17.3. The first kappa shape index (κ1) is 19.2. The van der Waals surface area contributed by atoms with Gasteiger partial charge in [0.05, 0.1) is 11.6 Å². The van der Waals surface area contributed by atoms with Gasteiger partial charge in [0.25, 0.3) is 11.7 Å². The minimum Gasteiger partial charge on any atom is -0.507 e. The third-order valence-electron chi connectivity index (χ3n) is 4.97. The minimum atomic E-state index is -0.717. The molecule has 3 aromatic rings. The number of aliphatic hydroxyl groups is 1. The molecule has 4 nitrogen and oxygen atoms in total. The number of ketones is 1. The second-order valence-corrected chi connectivity index (χ2v) is 7.84. The Hall–Kier alpha value is -3.18. The first-order valence-electron chi connectivity index (χ1n) is 9.16. The Balaban J connectivity index is 1.96. The number of hydrogen-bond donors (Lipinski definition) is 1. The van der Waals surface area contributed by atoms with Gasteiger partial charge in [-0.05, 0) is 30.7 Å². The van der Waals surface area contributed by atoms with Crippen molar-refractivity contribution in [3.8, 4) is 0 Å². The average Bonchev–Trinajstić information content (AvgIpc) is 2.99. The lowest BCUT2D eigenvalue weighted by atomic mass is 9.94. The molecule has 1 aliphatic rings. The van der Waals surface area contributed by atoms with Gasteiger partial charge in [-0.3, -0.25) is 14.5 Å². The van der Waals surface area contributed by atoms with E-state index >= 15 is 0 Å². The molecule has 1 unspecified atom stereocenters. The molecule has 1 saturated heterocycles. The maximum atomic E-state index is 13.0. The monoisotopic (exact) mass is 447 g/mol. The number of amides is 1. The van der Waals surface area contributed by atoms with Crippen molar-refractivity contribution >= 4 is 39.1 Å². The van der Waals surface area contributed by atoms with Gasteiger partial charge in [-0.15, -0.1) is 0 Å². The Morgan fingerprint density at radius 3 is 2.28 bits per heavy atom. The maximum Gasteiger partial charge on any atom is 0.300 e. The van der Waals surface area contributed by atoms with Crippen molar-refractivity contribution < 1.29 is 14.7 Å². The van der Waals surface area contributed by atoms with Gasteiger partial charge in [0.1, 0.15) is 5.76 Å². The van der Waals surface area contributed by atoms with Crippen molar-refractivity contribution in [2.24, 2.45) is 0 Å². The lowest BCUT2D eigenvalue weighted by Crippen LogP contribution is -2.29. The molecule has 0 saturated carbocycles. The fourth-order valence-corrected chi connectivity index (χ4v) is 3.93. The fraction of sp³-hybridized carbons (Fsp3) is 0.0833. The molecule has 1 N–H and O–H groups in total. The molecule has 144 valence electrons. The van der Waals surface area contributed by atoms with Crippen molar-refractivity contribution in [1.29, 1.82) is 0 Å². The number of halogens is 1. The summed E-state index contributed by atoms with van der Waals surface area (Å²) in [7, 11) is 0. The summed E-state index contributed by atoms with van der Waals surface area (Å²) in [6.45, 7) is 1.97. The van der Waals surface area contributed by atoms with E-state index in [1.54, 1.807) is 36.4 Å². The van der Waals surface area contributed by atoms with E-state index in [2.05, 4.69) is 15.9 Å². The fourth-order valence-electron chi connectivity index (χ4n) is 3.54. The van der Waals surface area contributed by atoms with Crippen LogP contribution in [-0.2, 0) is 9.59 Å². The molecule has 1 heterocycles. The highest BCUT2D eigenvalue weighted by Gasteiger charge is 2.46. The molecule has 29 heavy (non-hydrogen) atoms. The Morgan fingerprint density at radius 2 is 1.62 bits per heavy atom. The second kappa shape index (κ2) is 7.68. The van der Waals surface area contributed by atoms with Crippen molar-refractivity contribution in [2.75, 3.05) is 4.90 Å². The first-order valence-corrected chi connectivity index (χ1v) is 9.95. The third kappa shape index (κ3) is 3.49. The van der Waals surface area contributed by atoms with Crippen LogP contribution in [0.4, 0.5) is 5.69 Å². The summed E-state index contributed by atoms with van der Waals surface area (Å²) in [4.78, 5) is 27.5. The molecule has 5 heteroatoms. The highest BCUT2D eigenvalue weighted by molar-refractivity contribution is 9.10. The number of aryl methyl sites for hydroxylation is 1. The van der Waals surface area contributed by atoms with E-state index in [0.29, 0.717) is 11.3 Å². The van der Waals surface area contributed by atoms with Crippen molar-refractivity contribution in [1.82, 2.24) is 0 Å². The Labute approximate surface area is 177 Å². The third-order valence-corrected chi connectivity index (χ3v) is 5.46. The summed E-state index contributed by atoms with van der Waals surface area (Å²) in [5, 5.41) is 11.0. The topological polar surface area (TPSA) is 57.6 Å². The first-order chi connectivity index (χ1) is 14.0. The van der Waals surface area contributed by atoms with Crippen LogP contribution < -0.4 is 4.90 Å². The van der Waals surface area contributed by atoms with E-state index in [9.17, 15) is 14.7 Å². The number of carbonyl (C=O) groups is 2. The van der Waals surface area contributed by atoms with E-state index in [-0.39, 0.29) is 11.3 Å². The van der Waals surface area contributed by atoms with E-state index in [1.807, 2.05) is 49.4 Å². The molecular weight excluding hydrogens is 430 g/mol. The van der Waals surface area contributed by atoms with E-state index in [1.165, 1.54) is 4.90 Å². The van der Waals surface area contributed by atoms with Crippen LogP contribution in [0.5, 0.6) is 0 Å². The second-order valence-electron chi connectivity index (χ2n) is 6.93. The molecular formula is C24H18BrNO3. The molecule has 3 aromatic carbocycles. The van der Waals surface area contributed by atoms with Crippen molar-refractivity contribution in [3.63, 3.8) is 0 Å². The Morgan fingerprint density at radius 1 is 0.931 bits per heavy atom. The maximum absolute atomic E-state index is 13.0. The summed E-state index contributed by atoms with van der Waals surface area (Å²) in [5.74, 6) is -1.53. The van der Waals surface area contributed by atoms with Crippen LogP contribution in [0, 0.1) is 6.92 Å². The van der Waals surface area contributed by atoms with Crippen LogP contribution in [0.25, 0.3) is 5.76 Å². The summed E-state index contributed by atoms with van der Waals surface area (Å²) < 4.78 is 0.794. The van der Waals surface area contributed by atoms with Gasteiger partial charge >= 0.3 is 0 Å². The van der Waals surface area contributed by atoms with Crippen LogP contribution in [0.15, 0.2) is 88.9 Å². The molecule has 0 aliphatic carbocycles. The standard InChI is InChI=1S/C24H18BrNO3/c1-15-10-12-16(13-11-15)21-20(22(27)17-6-3-2-4-7-17)23(28)24(29)26(21)19-9-5-8-18(25)14-19/h2-14,21,27H,1H3. The largest absolute Gasteiger partial charge is 0.507 e. The van der Waals surface area contributed by atoms with E-state index in [0.717, 1.165) is 15.6 Å². The van der Waals surface area contributed by atoms with Gasteiger partial charge in [-0.2, -0.15) is 0 Å². The summed E-state index contributed by atoms with van der Waals surface area (Å²) in [5.41, 5.74) is 2.99. The lowest BCUT2D eigenvalue weighted by molar-refractivity contribution is -0.132. The van der Waals surface area contributed by atoms with Crippen LogP contribution in [0.3, 0.4) is 0 Å². The summed E-state index contributed by atoms with van der Waals surface area (Å²) >= 11 is 3.43. The van der Waals surface area contributed by atoms with Crippen molar-refractivity contribution in [3.05, 3.63) is 106 Å². The zero-order chi connectivity index (χ0) is 20.5.